The monoisotopic (exact) mass is 323 g/mol. The molecule has 1 heterocycles. The Labute approximate surface area is 120 Å². The van der Waals surface area contributed by atoms with E-state index in [4.69, 9.17) is 0 Å². The highest BCUT2D eigenvalue weighted by Gasteiger charge is 2.10. The molecular formula is C15H15BrFNO. The summed E-state index contributed by atoms with van der Waals surface area (Å²) in [6.07, 6.45) is 5.01. The first-order chi connectivity index (χ1) is 9.17. The minimum atomic E-state index is -0.236. The van der Waals surface area contributed by atoms with Gasteiger partial charge in [0.15, 0.2) is 0 Å². The first kappa shape index (κ1) is 14.2. The van der Waals surface area contributed by atoms with Crippen molar-refractivity contribution in [3.8, 4) is 0 Å². The van der Waals surface area contributed by atoms with Crippen LogP contribution in [0.3, 0.4) is 0 Å². The van der Waals surface area contributed by atoms with Crippen molar-refractivity contribution in [1.29, 1.82) is 0 Å². The van der Waals surface area contributed by atoms with Crippen molar-refractivity contribution in [2.45, 2.75) is 12.8 Å². The van der Waals surface area contributed by atoms with E-state index in [1.165, 1.54) is 12.1 Å². The van der Waals surface area contributed by atoms with E-state index in [2.05, 4.69) is 20.9 Å². The molecule has 1 unspecified atom stereocenters. The minimum Gasteiger partial charge on any atom is -0.396 e. The molecule has 1 atom stereocenters. The maximum atomic E-state index is 12.8. The maximum absolute atomic E-state index is 12.8. The molecule has 0 saturated carbocycles. The maximum Gasteiger partial charge on any atom is 0.123 e. The van der Waals surface area contributed by atoms with Gasteiger partial charge in [-0.05, 0) is 64.0 Å². The molecule has 2 rings (SSSR count). The van der Waals surface area contributed by atoms with Crippen molar-refractivity contribution in [2.24, 2.45) is 5.92 Å². The fourth-order valence-corrected chi connectivity index (χ4v) is 2.47. The summed E-state index contributed by atoms with van der Waals surface area (Å²) in [5, 5.41) is 9.47. The number of nitrogens with zero attached hydrogens (tertiary/aromatic N) is 1. The topological polar surface area (TPSA) is 33.1 Å². The van der Waals surface area contributed by atoms with Gasteiger partial charge in [0.05, 0.1) is 0 Å². The molecule has 0 aliphatic heterocycles. The van der Waals surface area contributed by atoms with Gasteiger partial charge < -0.3 is 5.11 Å². The van der Waals surface area contributed by atoms with Crippen LogP contribution in [-0.4, -0.2) is 16.7 Å². The Morgan fingerprint density at radius 2 is 1.79 bits per heavy atom. The summed E-state index contributed by atoms with van der Waals surface area (Å²) in [5.74, 6) is -0.123. The van der Waals surface area contributed by atoms with Crippen LogP contribution in [0.15, 0.2) is 47.2 Å². The van der Waals surface area contributed by atoms with Crippen molar-refractivity contribution in [2.75, 3.05) is 6.61 Å². The molecule has 0 saturated heterocycles. The Morgan fingerprint density at radius 1 is 1.11 bits per heavy atom. The number of aromatic nitrogens is 1. The molecule has 1 aromatic heterocycles. The summed E-state index contributed by atoms with van der Waals surface area (Å²) in [4.78, 5) is 4.11. The van der Waals surface area contributed by atoms with Crippen molar-refractivity contribution < 1.29 is 9.50 Å². The number of aliphatic hydroxyl groups is 1. The Balaban J connectivity index is 2.02. The lowest BCUT2D eigenvalue weighted by Gasteiger charge is -2.14. The third-order valence-corrected chi connectivity index (χ3v) is 3.42. The van der Waals surface area contributed by atoms with Gasteiger partial charge in [-0.25, -0.2) is 4.39 Å². The molecule has 2 nitrogen and oxygen atoms in total. The normalized spacial score (nSPS) is 12.4. The van der Waals surface area contributed by atoms with Gasteiger partial charge in [0.1, 0.15) is 5.82 Å². The van der Waals surface area contributed by atoms with Crippen LogP contribution >= 0.6 is 15.9 Å². The van der Waals surface area contributed by atoms with Gasteiger partial charge >= 0.3 is 0 Å². The standard InChI is InChI=1S/C15H15BrFNO/c16-14-7-12(8-18-9-14)6-13(10-19)5-11-1-3-15(17)4-2-11/h1-4,7-9,13,19H,5-6,10H2. The molecule has 1 N–H and O–H groups in total. The number of benzene rings is 1. The summed E-state index contributed by atoms with van der Waals surface area (Å²) < 4.78 is 13.8. The highest BCUT2D eigenvalue weighted by Crippen LogP contribution is 2.17. The third kappa shape index (κ3) is 4.40. The van der Waals surface area contributed by atoms with Gasteiger partial charge in [-0.3, -0.25) is 4.98 Å². The molecule has 19 heavy (non-hydrogen) atoms. The molecule has 0 aliphatic carbocycles. The molecule has 1 aromatic carbocycles. The van der Waals surface area contributed by atoms with E-state index >= 15 is 0 Å². The lowest BCUT2D eigenvalue weighted by Crippen LogP contribution is -2.13. The van der Waals surface area contributed by atoms with Crippen LogP contribution in [0.25, 0.3) is 0 Å². The molecule has 0 aliphatic rings. The van der Waals surface area contributed by atoms with E-state index in [1.807, 2.05) is 6.07 Å². The third-order valence-electron chi connectivity index (χ3n) is 2.98. The zero-order valence-corrected chi connectivity index (χ0v) is 12.0. The molecule has 4 heteroatoms. The molecule has 0 fully saturated rings. The van der Waals surface area contributed by atoms with E-state index in [1.54, 1.807) is 24.5 Å². The van der Waals surface area contributed by atoms with Crippen LogP contribution < -0.4 is 0 Å². The summed E-state index contributed by atoms with van der Waals surface area (Å²) in [5.41, 5.74) is 2.11. The summed E-state index contributed by atoms with van der Waals surface area (Å²) in [6.45, 7) is 0.101. The molecule has 100 valence electrons. The van der Waals surface area contributed by atoms with Gasteiger partial charge in [0.2, 0.25) is 0 Å². The van der Waals surface area contributed by atoms with Gasteiger partial charge in [0, 0.05) is 23.5 Å². The van der Waals surface area contributed by atoms with Crippen LogP contribution in [0.1, 0.15) is 11.1 Å². The van der Waals surface area contributed by atoms with Crippen molar-refractivity contribution in [1.82, 2.24) is 4.98 Å². The predicted octanol–water partition coefficient (Wildman–Crippen LogP) is 3.38. The van der Waals surface area contributed by atoms with Gasteiger partial charge in [0.25, 0.3) is 0 Å². The quantitative estimate of drug-likeness (QED) is 0.915. The number of aliphatic hydroxyl groups excluding tert-OH is 1. The number of hydrogen-bond donors (Lipinski definition) is 1. The Hall–Kier alpha value is -1.26. The van der Waals surface area contributed by atoms with E-state index < -0.39 is 0 Å². The van der Waals surface area contributed by atoms with Crippen molar-refractivity contribution >= 4 is 15.9 Å². The fourth-order valence-electron chi connectivity index (χ4n) is 2.06. The van der Waals surface area contributed by atoms with E-state index in [0.29, 0.717) is 0 Å². The molecule has 0 radical (unpaired) electrons. The highest BCUT2D eigenvalue weighted by molar-refractivity contribution is 9.10. The van der Waals surface area contributed by atoms with Gasteiger partial charge in [-0.15, -0.1) is 0 Å². The number of halogens is 2. The van der Waals surface area contributed by atoms with Crippen LogP contribution in [-0.2, 0) is 12.8 Å². The van der Waals surface area contributed by atoms with E-state index in [-0.39, 0.29) is 18.3 Å². The average Bonchev–Trinajstić information content (AvgIpc) is 2.40. The Bertz CT molecular complexity index is 530. The molecular weight excluding hydrogens is 309 g/mol. The van der Waals surface area contributed by atoms with E-state index in [0.717, 1.165) is 28.4 Å². The summed E-state index contributed by atoms with van der Waals surface area (Å²) in [7, 11) is 0. The smallest absolute Gasteiger partial charge is 0.123 e. The largest absolute Gasteiger partial charge is 0.396 e. The lowest BCUT2D eigenvalue weighted by molar-refractivity contribution is 0.225. The zero-order valence-electron chi connectivity index (χ0n) is 10.4. The Kier molecular flexibility index (Phi) is 5.05. The number of hydrogen-bond acceptors (Lipinski definition) is 2. The lowest BCUT2D eigenvalue weighted by atomic mass is 9.94. The predicted molar refractivity (Wildman–Crippen MR) is 76.3 cm³/mol. The van der Waals surface area contributed by atoms with Crippen molar-refractivity contribution in [3.05, 3.63) is 64.1 Å². The van der Waals surface area contributed by atoms with Crippen LogP contribution in [0, 0.1) is 11.7 Å². The first-order valence-electron chi connectivity index (χ1n) is 6.12. The van der Waals surface area contributed by atoms with Gasteiger partial charge in [-0.2, -0.15) is 0 Å². The van der Waals surface area contributed by atoms with Crippen LogP contribution in [0.2, 0.25) is 0 Å². The molecule has 0 amide bonds. The van der Waals surface area contributed by atoms with Crippen LogP contribution in [0.5, 0.6) is 0 Å². The molecule has 0 spiro atoms. The first-order valence-corrected chi connectivity index (χ1v) is 6.91. The average molecular weight is 324 g/mol. The minimum absolute atomic E-state index is 0.101. The zero-order chi connectivity index (χ0) is 13.7. The van der Waals surface area contributed by atoms with Crippen LogP contribution in [0.4, 0.5) is 4.39 Å². The highest BCUT2D eigenvalue weighted by atomic mass is 79.9. The van der Waals surface area contributed by atoms with Crippen molar-refractivity contribution in [3.63, 3.8) is 0 Å². The molecule has 0 bridgehead atoms. The second kappa shape index (κ2) is 6.78. The Morgan fingerprint density at radius 3 is 2.42 bits per heavy atom. The second-order valence-electron chi connectivity index (χ2n) is 4.59. The number of rotatable bonds is 5. The SMILES string of the molecule is OCC(Cc1ccc(F)cc1)Cc1cncc(Br)c1. The molecule has 2 aromatic rings. The number of pyridine rings is 1. The second-order valence-corrected chi connectivity index (χ2v) is 5.51. The summed E-state index contributed by atoms with van der Waals surface area (Å²) in [6, 6.07) is 8.42. The van der Waals surface area contributed by atoms with E-state index in [9.17, 15) is 9.50 Å². The van der Waals surface area contributed by atoms with Gasteiger partial charge in [-0.1, -0.05) is 12.1 Å². The summed E-state index contributed by atoms with van der Waals surface area (Å²) >= 11 is 3.38. The fraction of sp³-hybridized carbons (Fsp3) is 0.267.